The molecule has 2 N–H and O–H groups in total. The number of benzene rings is 1. The second-order valence-electron chi connectivity index (χ2n) is 6.47. The zero-order valence-corrected chi connectivity index (χ0v) is 18.7. The average molecular weight is 467 g/mol. The topological polar surface area (TPSA) is 111 Å². The van der Waals surface area contributed by atoms with Crippen molar-refractivity contribution < 1.29 is 28.7 Å². The second-order valence-corrected chi connectivity index (χ2v) is 7.85. The van der Waals surface area contributed by atoms with E-state index in [-0.39, 0.29) is 37.5 Å². The number of hydrogen-bond acceptors (Lipinski definition) is 7. The van der Waals surface area contributed by atoms with E-state index in [4.69, 9.17) is 21.1 Å². The molecule has 0 saturated carbocycles. The Labute approximate surface area is 188 Å². The third-order valence-electron chi connectivity index (χ3n) is 4.12. The number of Topliss-reactive ketones (excluding diaryl/α,β-unsaturated/α-hetero) is 1. The lowest BCUT2D eigenvalue weighted by Crippen LogP contribution is -2.32. The standard InChI is InChI=1S/C21H23ClN2O6S/c1-13(21(28)24-15-12-14(22)5-7-17(15)29-2)30-20(27)9-10-23-19(26)8-6-16(25)18-4-3-11-31-18/h3-5,7,11-13H,6,8-10H2,1-2H3,(H,23,26)(H,24,28)/t13-/m0/s1. The molecule has 1 aromatic heterocycles. The summed E-state index contributed by atoms with van der Waals surface area (Å²) in [7, 11) is 1.45. The number of carbonyl (C=O) groups excluding carboxylic acids is 4. The van der Waals surface area contributed by atoms with Crippen molar-refractivity contribution in [2.24, 2.45) is 0 Å². The molecule has 1 heterocycles. The van der Waals surface area contributed by atoms with Gasteiger partial charge in [-0.15, -0.1) is 11.3 Å². The first-order chi connectivity index (χ1) is 14.8. The molecule has 1 atom stereocenters. The maximum atomic E-state index is 12.3. The SMILES string of the molecule is COc1ccc(Cl)cc1NC(=O)[C@H](C)OC(=O)CCNC(=O)CCC(=O)c1cccs1. The predicted octanol–water partition coefficient (Wildman–Crippen LogP) is 3.45. The van der Waals surface area contributed by atoms with Gasteiger partial charge in [-0.25, -0.2) is 0 Å². The fourth-order valence-corrected chi connectivity index (χ4v) is 3.37. The molecule has 31 heavy (non-hydrogen) atoms. The summed E-state index contributed by atoms with van der Waals surface area (Å²) in [5.74, 6) is -1.21. The van der Waals surface area contributed by atoms with Crippen LogP contribution in [-0.2, 0) is 19.1 Å². The van der Waals surface area contributed by atoms with E-state index >= 15 is 0 Å². The van der Waals surface area contributed by atoms with Gasteiger partial charge < -0.3 is 20.1 Å². The molecule has 0 fully saturated rings. The number of thiophene rings is 1. The van der Waals surface area contributed by atoms with Gasteiger partial charge >= 0.3 is 5.97 Å². The van der Waals surface area contributed by atoms with Crippen LogP contribution in [0.5, 0.6) is 5.75 Å². The van der Waals surface area contributed by atoms with E-state index in [9.17, 15) is 19.2 Å². The number of ketones is 1. The van der Waals surface area contributed by atoms with Crippen LogP contribution in [-0.4, -0.2) is 43.3 Å². The Morgan fingerprint density at radius 2 is 1.90 bits per heavy atom. The highest BCUT2D eigenvalue weighted by Crippen LogP contribution is 2.27. The van der Waals surface area contributed by atoms with Crippen LogP contribution in [0, 0.1) is 0 Å². The minimum absolute atomic E-state index is 0.0338. The molecule has 166 valence electrons. The van der Waals surface area contributed by atoms with Crippen LogP contribution in [0.4, 0.5) is 5.69 Å². The Bertz CT molecular complexity index is 932. The molecule has 2 amide bonds. The molecule has 2 aromatic rings. The smallest absolute Gasteiger partial charge is 0.308 e. The highest BCUT2D eigenvalue weighted by molar-refractivity contribution is 7.12. The number of methoxy groups -OCH3 is 1. The second kappa shape index (κ2) is 12.1. The molecule has 0 aliphatic heterocycles. The molecule has 0 unspecified atom stereocenters. The van der Waals surface area contributed by atoms with Crippen molar-refractivity contribution in [1.29, 1.82) is 0 Å². The van der Waals surface area contributed by atoms with Crippen LogP contribution in [0.3, 0.4) is 0 Å². The van der Waals surface area contributed by atoms with Crippen molar-refractivity contribution >= 4 is 52.2 Å². The van der Waals surface area contributed by atoms with Crippen molar-refractivity contribution in [1.82, 2.24) is 5.32 Å². The minimum atomic E-state index is -1.06. The summed E-state index contributed by atoms with van der Waals surface area (Å²) < 4.78 is 10.2. The first kappa shape index (κ1) is 24.4. The van der Waals surface area contributed by atoms with Crippen LogP contribution in [0.2, 0.25) is 5.02 Å². The normalized spacial score (nSPS) is 11.3. The van der Waals surface area contributed by atoms with Crippen molar-refractivity contribution in [2.75, 3.05) is 19.0 Å². The van der Waals surface area contributed by atoms with Crippen LogP contribution < -0.4 is 15.4 Å². The number of hydrogen-bond donors (Lipinski definition) is 2. The number of rotatable bonds is 11. The summed E-state index contributed by atoms with van der Waals surface area (Å²) in [5.41, 5.74) is 0.354. The summed E-state index contributed by atoms with van der Waals surface area (Å²) in [5, 5.41) is 7.36. The van der Waals surface area contributed by atoms with Gasteiger partial charge in [-0.05, 0) is 36.6 Å². The summed E-state index contributed by atoms with van der Waals surface area (Å²) in [6, 6.07) is 8.22. The highest BCUT2D eigenvalue weighted by atomic mass is 35.5. The molecule has 0 aliphatic rings. The molecular formula is C21H23ClN2O6S. The maximum absolute atomic E-state index is 12.3. The number of esters is 1. The molecule has 0 bridgehead atoms. The first-order valence-electron chi connectivity index (χ1n) is 9.47. The van der Waals surface area contributed by atoms with Crippen molar-refractivity contribution in [3.05, 3.63) is 45.6 Å². The van der Waals surface area contributed by atoms with Gasteiger partial charge in [0.1, 0.15) is 5.75 Å². The first-order valence-corrected chi connectivity index (χ1v) is 10.7. The monoisotopic (exact) mass is 466 g/mol. The number of nitrogens with one attached hydrogen (secondary N) is 2. The fraction of sp³-hybridized carbons (Fsp3) is 0.333. The Hall–Kier alpha value is -2.91. The number of halogens is 1. The van der Waals surface area contributed by atoms with Gasteiger partial charge in [0.25, 0.3) is 5.91 Å². The Morgan fingerprint density at radius 3 is 2.58 bits per heavy atom. The van der Waals surface area contributed by atoms with Gasteiger partial charge in [-0.3, -0.25) is 19.2 Å². The molecule has 8 nitrogen and oxygen atoms in total. The lowest BCUT2D eigenvalue weighted by atomic mass is 10.2. The number of ether oxygens (including phenoxy) is 2. The molecule has 1 aromatic carbocycles. The van der Waals surface area contributed by atoms with Crippen LogP contribution in [0.25, 0.3) is 0 Å². The fourth-order valence-electron chi connectivity index (χ4n) is 2.50. The summed E-state index contributed by atoms with van der Waals surface area (Å²) in [6.45, 7) is 1.47. The quantitative estimate of drug-likeness (QED) is 0.387. The zero-order chi connectivity index (χ0) is 22.8. The molecule has 0 saturated heterocycles. The highest BCUT2D eigenvalue weighted by Gasteiger charge is 2.19. The van der Waals surface area contributed by atoms with Gasteiger partial charge in [0.15, 0.2) is 11.9 Å². The van der Waals surface area contributed by atoms with Crippen LogP contribution >= 0.6 is 22.9 Å². The molecule has 2 rings (SSSR count). The molecule has 0 radical (unpaired) electrons. The number of carbonyl (C=O) groups is 4. The zero-order valence-electron chi connectivity index (χ0n) is 17.1. The lowest BCUT2D eigenvalue weighted by Gasteiger charge is -2.15. The van der Waals surface area contributed by atoms with Gasteiger partial charge in [0.05, 0.1) is 24.1 Å². The summed E-state index contributed by atoms with van der Waals surface area (Å²) in [4.78, 5) is 48.5. The molecule has 0 aliphatic carbocycles. The summed E-state index contributed by atoms with van der Waals surface area (Å²) >= 11 is 7.25. The van der Waals surface area contributed by atoms with Gasteiger partial charge in [0, 0.05) is 24.4 Å². The summed E-state index contributed by atoms with van der Waals surface area (Å²) in [6.07, 6.45) is -1.04. The average Bonchev–Trinajstić information content (AvgIpc) is 3.27. The minimum Gasteiger partial charge on any atom is -0.495 e. The van der Waals surface area contributed by atoms with Crippen LogP contribution in [0.15, 0.2) is 35.7 Å². The van der Waals surface area contributed by atoms with E-state index in [1.807, 2.05) is 0 Å². The molecule has 10 heteroatoms. The van der Waals surface area contributed by atoms with E-state index in [2.05, 4.69) is 10.6 Å². The molecule has 0 spiro atoms. The Kier molecular flexibility index (Phi) is 9.48. The van der Waals surface area contributed by atoms with Gasteiger partial charge in [-0.1, -0.05) is 17.7 Å². The van der Waals surface area contributed by atoms with E-state index in [1.54, 1.807) is 29.6 Å². The lowest BCUT2D eigenvalue weighted by molar-refractivity contribution is -0.153. The number of amides is 2. The van der Waals surface area contributed by atoms with E-state index in [0.29, 0.717) is 21.3 Å². The predicted molar refractivity (Wildman–Crippen MR) is 118 cm³/mol. The van der Waals surface area contributed by atoms with Crippen molar-refractivity contribution in [3.63, 3.8) is 0 Å². The maximum Gasteiger partial charge on any atom is 0.308 e. The van der Waals surface area contributed by atoms with E-state index < -0.39 is 18.0 Å². The van der Waals surface area contributed by atoms with E-state index in [1.165, 1.54) is 31.4 Å². The van der Waals surface area contributed by atoms with Gasteiger partial charge in [-0.2, -0.15) is 0 Å². The Morgan fingerprint density at radius 1 is 1.13 bits per heavy atom. The largest absolute Gasteiger partial charge is 0.495 e. The molecular weight excluding hydrogens is 444 g/mol. The van der Waals surface area contributed by atoms with Crippen LogP contribution in [0.1, 0.15) is 35.9 Å². The van der Waals surface area contributed by atoms with Crippen molar-refractivity contribution in [2.45, 2.75) is 32.3 Å². The third kappa shape index (κ3) is 8.03. The third-order valence-corrected chi connectivity index (χ3v) is 5.27. The Balaban J connectivity index is 1.69. The number of anilines is 1. The van der Waals surface area contributed by atoms with Crippen molar-refractivity contribution in [3.8, 4) is 5.75 Å². The van der Waals surface area contributed by atoms with Gasteiger partial charge in [0.2, 0.25) is 5.91 Å². The van der Waals surface area contributed by atoms with E-state index in [0.717, 1.165) is 0 Å².